The van der Waals surface area contributed by atoms with Crippen LogP contribution in [0.3, 0.4) is 0 Å². The SMILES string of the molecule is CCCCNC(=O)Cn1ccc2cc(C(N)=S)ccc21. The van der Waals surface area contributed by atoms with E-state index in [2.05, 4.69) is 12.2 Å². The third-order valence-corrected chi connectivity index (χ3v) is 3.46. The Hall–Kier alpha value is -1.88. The van der Waals surface area contributed by atoms with Crippen molar-refractivity contribution in [3.05, 3.63) is 36.0 Å². The number of carbonyl (C=O) groups is 1. The number of aromatic nitrogens is 1. The van der Waals surface area contributed by atoms with E-state index in [1.807, 2.05) is 35.0 Å². The number of fused-ring (bicyclic) bond motifs is 1. The maximum absolute atomic E-state index is 11.8. The van der Waals surface area contributed by atoms with Crippen LogP contribution >= 0.6 is 12.2 Å². The van der Waals surface area contributed by atoms with Gasteiger partial charge in [0.25, 0.3) is 0 Å². The second-order valence-electron chi connectivity index (χ2n) is 4.78. The molecule has 5 heteroatoms. The van der Waals surface area contributed by atoms with Gasteiger partial charge in [-0.05, 0) is 30.7 Å². The molecule has 20 heavy (non-hydrogen) atoms. The number of nitrogens with zero attached hydrogens (tertiary/aromatic N) is 1. The summed E-state index contributed by atoms with van der Waals surface area (Å²) in [6.07, 6.45) is 4.00. The van der Waals surface area contributed by atoms with E-state index in [1.54, 1.807) is 0 Å². The standard InChI is InChI=1S/C15H19N3OS/c1-2-3-7-17-14(19)10-18-8-6-11-9-12(15(16)20)4-5-13(11)18/h4-6,8-9H,2-3,7,10H2,1H3,(H2,16,20)(H,17,19). The Bertz CT molecular complexity index is 633. The van der Waals surface area contributed by atoms with Crippen molar-refractivity contribution in [2.24, 2.45) is 5.73 Å². The Labute approximate surface area is 123 Å². The van der Waals surface area contributed by atoms with Gasteiger partial charge in [0, 0.05) is 29.2 Å². The molecule has 0 aliphatic rings. The highest BCUT2D eigenvalue weighted by Crippen LogP contribution is 2.17. The van der Waals surface area contributed by atoms with Crippen LogP contribution in [0.2, 0.25) is 0 Å². The Morgan fingerprint density at radius 2 is 2.20 bits per heavy atom. The minimum absolute atomic E-state index is 0.0365. The second kappa shape index (κ2) is 6.52. The monoisotopic (exact) mass is 289 g/mol. The molecule has 0 saturated carbocycles. The van der Waals surface area contributed by atoms with Crippen LogP contribution in [0.25, 0.3) is 10.9 Å². The number of rotatable bonds is 6. The molecule has 0 saturated heterocycles. The van der Waals surface area contributed by atoms with Gasteiger partial charge in [-0.15, -0.1) is 0 Å². The minimum Gasteiger partial charge on any atom is -0.389 e. The first-order valence-corrected chi connectivity index (χ1v) is 7.18. The lowest BCUT2D eigenvalue weighted by Gasteiger charge is -2.07. The molecule has 0 spiro atoms. The number of thiocarbonyl (C=S) groups is 1. The molecule has 1 aromatic heterocycles. The summed E-state index contributed by atoms with van der Waals surface area (Å²) in [5.74, 6) is 0.0365. The lowest BCUT2D eigenvalue weighted by Crippen LogP contribution is -2.28. The number of hydrogen-bond donors (Lipinski definition) is 2. The lowest BCUT2D eigenvalue weighted by molar-refractivity contribution is -0.121. The number of nitrogens with one attached hydrogen (secondary N) is 1. The van der Waals surface area contributed by atoms with E-state index in [4.69, 9.17) is 18.0 Å². The van der Waals surface area contributed by atoms with Gasteiger partial charge < -0.3 is 15.6 Å². The van der Waals surface area contributed by atoms with Gasteiger partial charge in [-0.1, -0.05) is 25.6 Å². The molecule has 1 aromatic carbocycles. The minimum atomic E-state index is 0.0365. The molecular weight excluding hydrogens is 270 g/mol. The van der Waals surface area contributed by atoms with Crippen molar-refractivity contribution in [3.8, 4) is 0 Å². The Kier molecular flexibility index (Phi) is 4.74. The number of nitrogens with two attached hydrogens (primary N) is 1. The fourth-order valence-corrected chi connectivity index (χ4v) is 2.23. The molecule has 1 amide bonds. The Balaban J connectivity index is 2.11. The van der Waals surface area contributed by atoms with Gasteiger partial charge in [0.15, 0.2) is 0 Å². The summed E-state index contributed by atoms with van der Waals surface area (Å²) in [5, 5.41) is 3.95. The molecule has 0 aliphatic heterocycles. The second-order valence-corrected chi connectivity index (χ2v) is 5.22. The third kappa shape index (κ3) is 3.36. The van der Waals surface area contributed by atoms with Crippen LogP contribution < -0.4 is 11.1 Å². The third-order valence-electron chi connectivity index (χ3n) is 3.22. The van der Waals surface area contributed by atoms with Gasteiger partial charge >= 0.3 is 0 Å². The molecule has 1 heterocycles. The molecule has 4 nitrogen and oxygen atoms in total. The van der Waals surface area contributed by atoms with Crippen molar-refractivity contribution in [2.75, 3.05) is 6.54 Å². The van der Waals surface area contributed by atoms with Crippen molar-refractivity contribution < 1.29 is 4.79 Å². The summed E-state index contributed by atoms with van der Waals surface area (Å²) in [4.78, 5) is 12.2. The molecule has 2 rings (SSSR count). The number of amides is 1. The van der Waals surface area contributed by atoms with Crippen molar-refractivity contribution >= 4 is 34.0 Å². The van der Waals surface area contributed by atoms with Gasteiger partial charge in [0.2, 0.25) is 5.91 Å². The highest BCUT2D eigenvalue weighted by atomic mass is 32.1. The summed E-state index contributed by atoms with van der Waals surface area (Å²) >= 11 is 4.97. The number of carbonyl (C=O) groups excluding carboxylic acids is 1. The maximum atomic E-state index is 11.8. The highest BCUT2D eigenvalue weighted by molar-refractivity contribution is 7.80. The van der Waals surface area contributed by atoms with Crippen LogP contribution in [0.1, 0.15) is 25.3 Å². The molecule has 0 unspecified atom stereocenters. The van der Waals surface area contributed by atoms with Crippen LogP contribution in [0, 0.1) is 0 Å². The van der Waals surface area contributed by atoms with Crippen molar-refractivity contribution in [3.63, 3.8) is 0 Å². The van der Waals surface area contributed by atoms with Crippen molar-refractivity contribution in [1.82, 2.24) is 9.88 Å². The zero-order valence-corrected chi connectivity index (χ0v) is 12.4. The number of hydrogen-bond acceptors (Lipinski definition) is 2. The van der Waals surface area contributed by atoms with E-state index >= 15 is 0 Å². The van der Waals surface area contributed by atoms with E-state index in [0.29, 0.717) is 11.5 Å². The van der Waals surface area contributed by atoms with E-state index in [1.165, 1.54) is 0 Å². The molecule has 0 atom stereocenters. The predicted molar refractivity (Wildman–Crippen MR) is 85.7 cm³/mol. The molecule has 0 bridgehead atoms. The Morgan fingerprint density at radius 3 is 2.90 bits per heavy atom. The van der Waals surface area contributed by atoms with Gasteiger partial charge in [-0.3, -0.25) is 4.79 Å². The largest absolute Gasteiger partial charge is 0.389 e. The molecule has 0 aliphatic carbocycles. The fraction of sp³-hybridized carbons (Fsp3) is 0.333. The van der Waals surface area contributed by atoms with E-state index in [-0.39, 0.29) is 5.91 Å². The molecule has 0 radical (unpaired) electrons. The van der Waals surface area contributed by atoms with Gasteiger partial charge in [-0.25, -0.2) is 0 Å². The fourth-order valence-electron chi connectivity index (χ4n) is 2.11. The average Bonchev–Trinajstić information content (AvgIpc) is 2.81. The zero-order chi connectivity index (χ0) is 14.5. The first-order valence-electron chi connectivity index (χ1n) is 6.77. The summed E-state index contributed by atoms with van der Waals surface area (Å²) in [7, 11) is 0. The van der Waals surface area contributed by atoms with Crippen LogP contribution in [0.5, 0.6) is 0 Å². The topological polar surface area (TPSA) is 60.0 Å². The summed E-state index contributed by atoms with van der Waals surface area (Å²) in [6, 6.07) is 7.75. The zero-order valence-electron chi connectivity index (χ0n) is 11.6. The quantitative estimate of drug-likeness (QED) is 0.633. The van der Waals surface area contributed by atoms with E-state index in [0.717, 1.165) is 35.9 Å². The summed E-state index contributed by atoms with van der Waals surface area (Å²) < 4.78 is 1.93. The van der Waals surface area contributed by atoms with Crippen LogP contribution in [0.15, 0.2) is 30.5 Å². The highest BCUT2D eigenvalue weighted by Gasteiger charge is 2.07. The maximum Gasteiger partial charge on any atom is 0.239 e. The number of unbranched alkanes of at least 4 members (excludes halogenated alkanes) is 1. The molecule has 0 fully saturated rings. The molecule has 2 aromatic rings. The average molecular weight is 289 g/mol. The Morgan fingerprint density at radius 1 is 1.40 bits per heavy atom. The van der Waals surface area contributed by atoms with Crippen LogP contribution in [-0.2, 0) is 11.3 Å². The summed E-state index contributed by atoms with van der Waals surface area (Å²) in [6.45, 7) is 3.17. The molecular formula is C15H19N3OS. The number of benzene rings is 1. The molecule has 106 valence electrons. The van der Waals surface area contributed by atoms with Gasteiger partial charge in [-0.2, -0.15) is 0 Å². The van der Waals surface area contributed by atoms with Crippen molar-refractivity contribution in [1.29, 1.82) is 0 Å². The summed E-state index contributed by atoms with van der Waals surface area (Å²) in [5.41, 5.74) is 7.48. The predicted octanol–water partition coefficient (Wildman–Crippen LogP) is 2.19. The first-order chi connectivity index (χ1) is 9.61. The smallest absolute Gasteiger partial charge is 0.239 e. The van der Waals surface area contributed by atoms with Crippen LogP contribution in [-0.4, -0.2) is 22.0 Å². The molecule has 3 N–H and O–H groups in total. The van der Waals surface area contributed by atoms with Crippen molar-refractivity contribution in [2.45, 2.75) is 26.3 Å². The van der Waals surface area contributed by atoms with E-state index in [9.17, 15) is 4.79 Å². The lowest BCUT2D eigenvalue weighted by atomic mass is 10.1. The van der Waals surface area contributed by atoms with Gasteiger partial charge in [0.1, 0.15) is 11.5 Å². The van der Waals surface area contributed by atoms with Gasteiger partial charge in [0.05, 0.1) is 0 Å². The van der Waals surface area contributed by atoms with E-state index < -0.39 is 0 Å². The van der Waals surface area contributed by atoms with Crippen LogP contribution in [0.4, 0.5) is 0 Å². The first kappa shape index (κ1) is 14.5. The normalized spacial score (nSPS) is 10.7.